The van der Waals surface area contributed by atoms with E-state index in [1.54, 1.807) is 18.2 Å². The molecule has 0 aliphatic carbocycles. The van der Waals surface area contributed by atoms with Gasteiger partial charge in [-0.1, -0.05) is 39.7 Å². The van der Waals surface area contributed by atoms with E-state index in [0.29, 0.717) is 57.1 Å². The van der Waals surface area contributed by atoms with E-state index < -0.39 is 29.5 Å². The summed E-state index contributed by atoms with van der Waals surface area (Å²) in [6, 6.07) is 8.25. The zero-order chi connectivity index (χ0) is 50.9. The number of carbonyl (C=O) groups is 4. The molecule has 4 aliphatic heterocycles. The number of aromatic nitrogens is 3. The summed E-state index contributed by atoms with van der Waals surface area (Å²) in [4.78, 5) is 74.6. The Hall–Kier alpha value is -3.82. The minimum absolute atomic E-state index is 0. The molecule has 0 spiro atoms. The molecule has 6 bridgehead atoms. The highest BCUT2D eigenvalue weighted by atomic mass is 32.1. The van der Waals surface area contributed by atoms with Crippen molar-refractivity contribution in [2.24, 2.45) is 11.3 Å². The number of rotatable bonds is 12. The van der Waals surface area contributed by atoms with Crippen molar-refractivity contribution in [3.8, 4) is 34.4 Å². The maximum Gasteiger partial charge on any atom is 0.324 e. The fraction of sp³-hybridized carbons (Fsp3) is 0.593. The van der Waals surface area contributed by atoms with Crippen LogP contribution in [0, 0.1) is 23.2 Å². The standard InChI is InChI=1S/C54H74N10O6S.4H2S/c1-12-63-44-19-18-36-26-39(44)40(49(63)38-16-13-22-55-47(38)35(4)69-11)28-53(5,6)32-70-52(68)41-17-14-25-64(58-41)51(67)42(27-45-56-43(36)31-71-45)57-50(66)48(34(2)3)59(9)33-61-29-37(30-61)60(10)46(65)20-21-54(7,8)62-23-15-24-62;;;;/h13,16,18-19,22,26,31,34-35,37,41-42,48,58H,12,14-15,17,23-25,27-30,32-33H2,1-11H3,(H,57,66);4*1H2/t35-,41-,42-,48-;;;;/m0..../s1. The average molecular weight is 1130 g/mol. The normalized spacial score (nSPS) is 20.0. The number of nitrogens with zero attached hydrogens (tertiary/aromatic N) is 8. The number of thiazole rings is 1. The van der Waals surface area contributed by atoms with Gasteiger partial charge in [0.05, 0.1) is 59.1 Å². The largest absolute Gasteiger partial charge is 0.464 e. The molecule has 4 aliphatic rings. The molecule has 0 saturated carbocycles. The zero-order valence-corrected chi connectivity index (χ0v) is 50.4. The lowest BCUT2D eigenvalue weighted by molar-refractivity contribution is -0.155. The molecule has 4 atom stereocenters. The third-order valence-electron chi connectivity index (χ3n) is 14.9. The van der Waals surface area contributed by atoms with Gasteiger partial charge in [-0.2, -0.15) is 54.0 Å². The smallest absolute Gasteiger partial charge is 0.324 e. The van der Waals surface area contributed by atoms with E-state index in [4.69, 9.17) is 19.4 Å². The minimum atomic E-state index is -0.977. The van der Waals surface area contributed by atoms with Crippen molar-refractivity contribution in [1.29, 1.82) is 0 Å². The van der Waals surface area contributed by atoms with Crippen LogP contribution in [-0.2, 0) is 48.0 Å². The number of cyclic esters (lactones) is 1. The monoisotopic (exact) mass is 1130 g/mol. The third kappa shape index (κ3) is 14.1. The molecule has 16 nitrogen and oxygen atoms in total. The number of carbonyl (C=O) groups excluding carboxylic acids is 4. The summed E-state index contributed by atoms with van der Waals surface area (Å²) in [7, 11) is 5.43. The Bertz CT molecular complexity index is 2690. The van der Waals surface area contributed by atoms with Crippen molar-refractivity contribution in [2.45, 2.75) is 130 Å². The van der Waals surface area contributed by atoms with Crippen LogP contribution in [-0.4, -0.2) is 160 Å². The van der Waals surface area contributed by atoms with E-state index >= 15 is 0 Å². The topological polar surface area (TPSA) is 158 Å². The number of methoxy groups -OCH3 is 1. The van der Waals surface area contributed by atoms with Crippen LogP contribution in [0.1, 0.15) is 97.0 Å². The van der Waals surface area contributed by atoms with Crippen LogP contribution in [0.2, 0.25) is 0 Å². The minimum Gasteiger partial charge on any atom is -0.464 e. The quantitative estimate of drug-likeness (QED) is 0.123. The molecular formula is C54H82N10O6S5. The van der Waals surface area contributed by atoms with Gasteiger partial charge in [0.1, 0.15) is 12.1 Å². The first-order chi connectivity index (χ1) is 33.8. The number of amides is 3. The van der Waals surface area contributed by atoms with Crippen molar-refractivity contribution in [1.82, 2.24) is 49.9 Å². The highest BCUT2D eigenvalue weighted by Crippen LogP contribution is 2.42. The van der Waals surface area contributed by atoms with Crippen molar-refractivity contribution in [3.05, 3.63) is 58.2 Å². The molecule has 2 N–H and O–H groups in total. The number of pyridine rings is 1. The fourth-order valence-corrected chi connectivity index (χ4v) is 11.4. The Balaban J connectivity index is 0.00000304. The number of fused-ring (bicyclic) bond motifs is 6. The number of likely N-dealkylation sites (N-methyl/N-ethyl adjacent to an activating group) is 2. The van der Waals surface area contributed by atoms with Gasteiger partial charge < -0.3 is 24.3 Å². The Morgan fingerprint density at radius 3 is 2.43 bits per heavy atom. The van der Waals surface area contributed by atoms with E-state index in [2.05, 4.69) is 95.8 Å². The summed E-state index contributed by atoms with van der Waals surface area (Å²) < 4.78 is 14.3. The molecule has 8 rings (SSSR count). The predicted molar refractivity (Wildman–Crippen MR) is 318 cm³/mol. The van der Waals surface area contributed by atoms with Gasteiger partial charge in [-0.15, -0.1) is 11.3 Å². The number of hydrazine groups is 1. The SMILES string of the molecule is CCn1c(-c2cccnc2[C@H](C)OC)c2c3cc(ccc31)-c1csc(n1)C[C@H](NC(=O)[C@H](C(C)C)N(C)CN1CC(N(C)C(=O)C#CC(C)(C)N3CCC3)C1)C(=O)N1CCC[C@H](N1)C(=O)OCC(C)(C)C2.S.S.S.S. The number of hydrogen-bond acceptors (Lipinski definition) is 13. The number of ether oxygens (including phenoxy) is 2. The number of likely N-dealkylation sites (tertiary alicyclic amines) is 2. The molecular weight excluding hydrogens is 1040 g/mol. The van der Waals surface area contributed by atoms with Gasteiger partial charge in [-0.25, -0.2) is 10.4 Å². The maximum absolute atomic E-state index is 14.7. The van der Waals surface area contributed by atoms with Gasteiger partial charge in [0.15, 0.2) is 0 Å². The first kappa shape index (κ1) is 63.7. The molecule has 3 saturated heterocycles. The van der Waals surface area contributed by atoms with Crippen LogP contribution in [0.5, 0.6) is 0 Å². The van der Waals surface area contributed by atoms with Gasteiger partial charge in [-0.3, -0.25) is 43.9 Å². The number of aryl methyl sites for hydroxylation is 1. The molecule has 0 unspecified atom stereocenters. The van der Waals surface area contributed by atoms with Crippen LogP contribution in [0.3, 0.4) is 0 Å². The van der Waals surface area contributed by atoms with E-state index in [1.165, 1.54) is 16.3 Å². The summed E-state index contributed by atoms with van der Waals surface area (Å²) in [5.74, 6) is 4.76. The third-order valence-corrected chi connectivity index (χ3v) is 15.8. The van der Waals surface area contributed by atoms with Crippen LogP contribution in [0.25, 0.3) is 33.4 Å². The molecule has 21 heteroatoms. The molecule has 3 fully saturated rings. The number of nitrogens with one attached hydrogen (secondary N) is 2. The zero-order valence-electron chi connectivity index (χ0n) is 45.6. The van der Waals surface area contributed by atoms with Crippen LogP contribution in [0.4, 0.5) is 0 Å². The number of esters is 1. The molecule has 75 heavy (non-hydrogen) atoms. The first-order valence-electron chi connectivity index (χ1n) is 25.4. The second kappa shape index (κ2) is 26.7. The Morgan fingerprint density at radius 1 is 1.05 bits per heavy atom. The lowest BCUT2D eigenvalue weighted by Gasteiger charge is -2.46. The van der Waals surface area contributed by atoms with Crippen molar-refractivity contribution < 1.29 is 28.7 Å². The Labute approximate surface area is 476 Å². The van der Waals surface area contributed by atoms with Gasteiger partial charge in [0.2, 0.25) is 5.91 Å². The summed E-state index contributed by atoms with van der Waals surface area (Å²) >= 11 is 1.46. The second-order valence-corrected chi connectivity index (χ2v) is 22.6. The van der Waals surface area contributed by atoms with Crippen molar-refractivity contribution in [2.75, 3.05) is 67.2 Å². The van der Waals surface area contributed by atoms with E-state index in [-0.39, 0.29) is 108 Å². The van der Waals surface area contributed by atoms with E-state index in [9.17, 15) is 19.2 Å². The van der Waals surface area contributed by atoms with Crippen molar-refractivity contribution in [3.63, 3.8) is 0 Å². The summed E-state index contributed by atoms with van der Waals surface area (Å²) in [6.45, 7) is 21.6. The van der Waals surface area contributed by atoms with Crippen LogP contribution < -0.4 is 10.7 Å². The molecule has 414 valence electrons. The number of hydrogen-bond donors (Lipinski definition) is 2. The lowest BCUT2D eigenvalue weighted by Crippen LogP contribution is -2.64. The number of benzene rings is 1. The second-order valence-electron chi connectivity index (χ2n) is 21.6. The fourth-order valence-electron chi connectivity index (χ4n) is 10.6. The highest BCUT2D eigenvalue weighted by molar-refractivity contribution is 7.59. The molecule has 3 aromatic heterocycles. The molecule has 0 radical (unpaired) electrons. The van der Waals surface area contributed by atoms with Gasteiger partial charge in [-0.05, 0) is 102 Å². The highest BCUT2D eigenvalue weighted by Gasteiger charge is 2.40. The lowest BCUT2D eigenvalue weighted by atomic mass is 9.84. The predicted octanol–water partition coefficient (Wildman–Crippen LogP) is 6.20. The Morgan fingerprint density at radius 2 is 1.77 bits per heavy atom. The van der Waals surface area contributed by atoms with Crippen LogP contribution in [0.15, 0.2) is 41.9 Å². The van der Waals surface area contributed by atoms with Gasteiger partial charge >= 0.3 is 5.97 Å². The maximum atomic E-state index is 14.7. The summed E-state index contributed by atoms with van der Waals surface area (Å²) in [6.07, 6.45) is 4.55. The Kier molecular flexibility index (Phi) is 22.7. The van der Waals surface area contributed by atoms with Gasteiger partial charge in [0, 0.05) is 98.9 Å². The molecule has 1 aromatic carbocycles. The summed E-state index contributed by atoms with van der Waals surface area (Å²) in [5, 5.41) is 8.44. The van der Waals surface area contributed by atoms with E-state index in [0.717, 1.165) is 64.2 Å². The van der Waals surface area contributed by atoms with Crippen molar-refractivity contribution >= 4 is 99.9 Å². The van der Waals surface area contributed by atoms with Crippen LogP contribution >= 0.6 is 65.3 Å². The molecule has 3 amide bonds. The van der Waals surface area contributed by atoms with Gasteiger partial charge in [0.25, 0.3) is 11.8 Å². The van der Waals surface area contributed by atoms with E-state index in [1.807, 2.05) is 51.2 Å². The molecule has 4 aromatic rings. The average Bonchev–Trinajstić information content (AvgIpc) is 3.90. The first-order valence-corrected chi connectivity index (χ1v) is 26.3. The summed E-state index contributed by atoms with van der Waals surface area (Å²) in [5.41, 5.74) is 9.17. The molecule has 7 heterocycles.